The van der Waals surface area contributed by atoms with E-state index in [-0.39, 0.29) is 6.85 Å². The number of allylic oxidation sites excluding steroid dienone is 2. The second-order valence-corrected chi connectivity index (χ2v) is 9.45. The lowest BCUT2D eigenvalue weighted by Crippen LogP contribution is -2.51. The molecular formula is C27H27BINO. The van der Waals surface area contributed by atoms with Crippen LogP contribution in [0.2, 0.25) is 0 Å². The van der Waals surface area contributed by atoms with Gasteiger partial charge in [0.15, 0.2) is 0 Å². The zero-order chi connectivity index (χ0) is 22.1. The zero-order valence-corrected chi connectivity index (χ0v) is 20.9. The maximum absolute atomic E-state index is 5.54. The number of hydrogen-bond acceptors (Lipinski definition) is 2. The minimum Gasteiger partial charge on any atom is -0.496 e. The number of ether oxygens (including phenoxy) is 1. The van der Waals surface area contributed by atoms with Gasteiger partial charge in [0.1, 0.15) is 5.75 Å². The molecule has 0 bridgehead atoms. The smallest absolute Gasteiger partial charge is 0.335 e. The molecule has 156 valence electrons. The minimum atomic E-state index is 0.120. The Morgan fingerprint density at radius 3 is 2.10 bits per heavy atom. The number of hydrogen-bond donors (Lipinski definition) is 0. The van der Waals surface area contributed by atoms with E-state index in [4.69, 9.17) is 4.74 Å². The van der Waals surface area contributed by atoms with Gasteiger partial charge < -0.3 is 9.55 Å². The van der Waals surface area contributed by atoms with Gasteiger partial charge in [0.05, 0.1) is 7.11 Å². The molecule has 1 aliphatic heterocycles. The molecule has 31 heavy (non-hydrogen) atoms. The van der Waals surface area contributed by atoms with E-state index in [0.29, 0.717) is 0 Å². The van der Waals surface area contributed by atoms with Crippen LogP contribution in [0.25, 0.3) is 5.70 Å². The van der Waals surface area contributed by atoms with E-state index in [1.807, 2.05) is 0 Å². The third-order valence-corrected chi connectivity index (χ3v) is 6.87. The molecule has 2 nitrogen and oxygen atoms in total. The van der Waals surface area contributed by atoms with Crippen molar-refractivity contribution >= 4 is 46.3 Å². The molecular weight excluding hydrogens is 492 g/mol. The van der Waals surface area contributed by atoms with Gasteiger partial charge in [-0.05, 0) is 72.0 Å². The normalized spacial score (nSPS) is 13.7. The van der Waals surface area contributed by atoms with Gasteiger partial charge >= 0.3 is 6.85 Å². The Morgan fingerprint density at radius 1 is 0.806 bits per heavy atom. The van der Waals surface area contributed by atoms with Crippen LogP contribution in [-0.2, 0) is 0 Å². The first kappa shape index (κ1) is 21.8. The Bertz CT molecular complexity index is 1160. The number of aryl methyl sites for hydroxylation is 4. The van der Waals surface area contributed by atoms with Crippen molar-refractivity contribution < 1.29 is 4.74 Å². The predicted octanol–water partition coefficient (Wildman–Crippen LogP) is 6.55. The summed E-state index contributed by atoms with van der Waals surface area (Å²) in [5.41, 5.74) is 10.1. The molecule has 0 amide bonds. The highest BCUT2D eigenvalue weighted by Gasteiger charge is 2.36. The maximum atomic E-state index is 5.54. The molecule has 3 aromatic rings. The first-order valence-electron chi connectivity index (χ1n) is 10.5. The highest BCUT2D eigenvalue weighted by molar-refractivity contribution is 14.1. The second kappa shape index (κ2) is 8.95. The van der Waals surface area contributed by atoms with Crippen molar-refractivity contribution in [1.82, 2.24) is 0 Å². The molecule has 0 N–H and O–H groups in total. The highest BCUT2D eigenvalue weighted by atomic mass is 127. The lowest BCUT2D eigenvalue weighted by atomic mass is 9.50. The number of halogens is 1. The lowest BCUT2D eigenvalue weighted by Gasteiger charge is -2.38. The van der Waals surface area contributed by atoms with Crippen LogP contribution in [-0.4, -0.2) is 14.0 Å². The summed E-state index contributed by atoms with van der Waals surface area (Å²) in [5, 5.41) is 0. The summed E-state index contributed by atoms with van der Waals surface area (Å²) in [7, 11) is 1.73. The molecule has 0 saturated heterocycles. The van der Waals surface area contributed by atoms with Crippen LogP contribution in [0.3, 0.4) is 0 Å². The van der Waals surface area contributed by atoms with Gasteiger partial charge in [-0.3, -0.25) is 0 Å². The first-order valence-corrected chi connectivity index (χ1v) is 11.6. The van der Waals surface area contributed by atoms with Crippen molar-refractivity contribution in [3.8, 4) is 5.75 Å². The van der Waals surface area contributed by atoms with Crippen LogP contribution in [0.1, 0.15) is 27.8 Å². The number of nitrogens with zero attached hydrogens (tertiary/aromatic N) is 1. The largest absolute Gasteiger partial charge is 0.496 e. The Morgan fingerprint density at radius 2 is 1.48 bits per heavy atom. The fraction of sp³-hybridized carbons (Fsp3) is 0.185. The molecule has 0 radical (unpaired) electrons. The fourth-order valence-electron chi connectivity index (χ4n) is 4.63. The van der Waals surface area contributed by atoms with Gasteiger partial charge in [-0.15, -0.1) is 0 Å². The molecule has 0 fully saturated rings. The molecule has 0 atom stereocenters. The van der Waals surface area contributed by atoms with Gasteiger partial charge in [-0.25, -0.2) is 0 Å². The quantitative estimate of drug-likeness (QED) is 0.287. The Balaban J connectivity index is 1.96. The monoisotopic (exact) mass is 519 g/mol. The highest BCUT2D eigenvalue weighted by Crippen LogP contribution is 2.37. The lowest BCUT2D eigenvalue weighted by molar-refractivity contribution is 0.412. The molecule has 3 aromatic carbocycles. The van der Waals surface area contributed by atoms with Gasteiger partial charge in [-0.2, -0.15) is 0 Å². The minimum absolute atomic E-state index is 0.120. The molecule has 4 rings (SSSR count). The van der Waals surface area contributed by atoms with Crippen LogP contribution in [0.5, 0.6) is 5.75 Å². The van der Waals surface area contributed by atoms with Crippen LogP contribution >= 0.6 is 22.6 Å². The molecule has 1 aliphatic rings. The average molecular weight is 519 g/mol. The van der Waals surface area contributed by atoms with Gasteiger partial charge in [0.2, 0.25) is 0 Å². The first-order chi connectivity index (χ1) is 14.9. The van der Waals surface area contributed by atoms with Gasteiger partial charge in [0.25, 0.3) is 0 Å². The van der Waals surface area contributed by atoms with E-state index in [0.717, 1.165) is 11.3 Å². The maximum Gasteiger partial charge on any atom is 0.335 e. The van der Waals surface area contributed by atoms with Crippen molar-refractivity contribution in [2.24, 2.45) is 0 Å². The van der Waals surface area contributed by atoms with E-state index < -0.39 is 0 Å². The summed E-state index contributed by atoms with van der Waals surface area (Å²) < 4.78 is 6.84. The number of anilines is 1. The van der Waals surface area contributed by atoms with E-state index >= 15 is 0 Å². The van der Waals surface area contributed by atoms with Crippen molar-refractivity contribution in [3.05, 3.63) is 104 Å². The van der Waals surface area contributed by atoms with Gasteiger partial charge in [-0.1, -0.05) is 87.8 Å². The Labute approximate surface area is 199 Å². The third-order valence-electron chi connectivity index (χ3n) is 5.92. The van der Waals surface area contributed by atoms with E-state index in [2.05, 4.69) is 128 Å². The second-order valence-electron chi connectivity index (χ2n) is 8.21. The topological polar surface area (TPSA) is 12.5 Å². The predicted molar refractivity (Wildman–Crippen MR) is 143 cm³/mol. The van der Waals surface area contributed by atoms with Crippen molar-refractivity contribution in [1.29, 1.82) is 0 Å². The number of benzene rings is 3. The van der Waals surface area contributed by atoms with Crippen LogP contribution < -0.4 is 15.0 Å². The molecule has 0 spiro atoms. The summed E-state index contributed by atoms with van der Waals surface area (Å²) in [6.07, 6.45) is 4.51. The average Bonchev–Trinajstić information content (AvgIpc) is 2.74. The molecule has 0 aliphatic carbocycles. The van der Waals surface area contributed by atoms with Gasteiger partial charge in [0, 0.05) is 11.4 Å². The molecule has 1 heterocycles. The van der Waals surface area contributed by atoms with Crippen molar-refractivity contribution in [3.63, 3.8) is 0 Å². The third kappa shape index (κ3) is 4.18. The summed E-state index contributed by atoms with van der Waals surface area (Å²) in [6.45, 7) is 8.87. The van der Waals surface area contributed by atoms with Crippen molar-refractivity contribution in [2.75, 3.05) is 11.9 Å². The molecule has 0 unspecified atom stereocenters. The Hall–Kier alpha value is -2.47. The molecule has 0 aromatic heterocycles. The van der Waals surface area contributed by atoms with Crippen LogP contribution in [0.4, 0.5) is 5.69 Å². The number of methoxy groups -OCH3 is 1. The molecule has 4 heteroatoms. The summed E-state index contributed by atoms with van der Waals surface area (Å²) in [5.74, 6) is 0.912. The summed E-state index contributed by atoms with van der Waals surface area (Å²) in [4.78, 5) is 2.48. The van der Waals surface area contributed by atoms with Crippen LogP contribution in [0, 0.1) is 27.7 Å². The van der Waals surface area contributed by atoms with Crippen LogP contribution in [0.15, 0.2) is 76.3 Å². The summed E-state index contributed by atoms with van der Waals surface area (Å²) >= 11 is 2.51. The molecule has 0 saturated carbocycles. The SMILES string of the molecule is COc1ccc(N2B(c3c(C)cc(C)cc3C)C(I)=CC=C2c2ccccc2)cc1C. The fourth-order valence-corrected chi connectivity index (χ4v) is 5.40. The Kier molecular flexibility index (Phi) is 6.28. The summed E-state index contributed by atoms with van der Waals surface area (Å²) in [6, 6.07) is 21.7. The zero-order valence-electron chi connectivity index (χ0n) is 18.7. The standard InChI is InChI=1S/C27H27BINO/c1-18-15-20(3)27(21(4)16-18)28-26(29)14-12-24(22-9-7-6-8-10-22)30(28)23-11-13-25(31-5)19(2)17-23/h6-17H,1-5H3. The van der Waals surface area contributed by atoms with E-state index in [9.17, 15) is 0 Å². The van der Waals surface area contributed by atoms with Crippen molar-refractivity contribution in [2.45, 2.75) is 27.7 Å². The number of rotatable bonds is 4. The van der Waals surface area contributed by atoms with E-state index in [1.165, 1.54) is 42.6 Å². The van der Waals surface area contributed by atoms with E-state index in [1.54, 1.807) is 7.11 Å².